The molecule has 0 unspecified atom stereocenters. The summed E-state index contributed by atoms with van der Waals surface area (Å²) in [4.78, 5) is 15.1. The number of hydrogen-bond donors (Lipinski definition) is 0. The van der Waals surface area contributed by atoms with Crippen molar-refractivity contribution in [1.29, 1.82) is 0 Å². The lowest BCUT2D eigenvalue weighted by Crippen LogP contribution is -2.03. The average molecular weight is 644 g/mol. The number of pyridine rings is 1. The third kappa shape index (κ3) is 3.72. The van der Waals surface area contributed by atoms with E-state index in [-0.39, 0.29) is 0 Å². The number of aromatic nitrogens is 5. The van der Waals surface area contributed by atoms with E-state index in [9.17, 15) is 0 Å². The van der Waals surface area contributed by atoms with Crippen LogP contribution in [0.5, 0.6) is 0 Å². The Kier molecular flexibility index (Phi) is 5.48. The van der Waals surface area contributed by atoms with Crippen molar-refractivity contribution in [3.05, 3.63) is 152 Å². The summed E-state index contributed by atoms with van der Waals surface area (Å²) in [6.07, 6.45) is 3.83. The number of thiophene rings is 1. The van der Waals surface area contributed by atoms with E-state index in [0.717, 1.165) is 49.7 Å². The topological polar surface area (TPSA) is 48.5 Å². The van der Waals surface area contributed by atoms with Gasteiger partial charge in [-0.2, -0.15) is 0 Å². The van der Waals surface area contributed by atoms with Crippen molar-refractivity contribution < 1.29 is 0 Å². The van der Waals surface area contributed by atoms with Crippen molar-refractivity contribution >= 4 is 86.0 Å². The Morgan fingerprint density at radius 1 is 0.490 bits per heavy atom. The summed E-state index contributed by atoms with van der Waals surface area (Å²) in [7, 11) is 0. The van der Waals surface area contributed by atoms with Crippen molar-refractivity contribution in [1.82, 2.24) is 24.1 Å². The van der Waals surface area contributed by atoms with Gasteiger partial charge in [0.2, 0.25) is 5.95 Å². The number of rotatable bonds is 3. The standard InChI is InChI=1S/C43H25N5S/c1-3-11-26(12-4-1)40-29-15-7-9-17-33(29)45-43(46-40)48-35-23-24-44-25-32(35)28-20-22-37-39(41(28)48)31-19-21-36-38(42(31)49-37)30-16-8-10-18-34(30)47(36)27-13-5-2-6-14-27/h1-25H. The molecule has 0 N–H and O–H groups in total. The molecule has 0 bridgehead atoms. The molecule has 0 radical (unpaired) electrons. The normalized spacial score (nSPS) is 12.1. The van der Waals surface area contributed by atoms with E-state index < -0.39 is 0 Å². The zero-order valence-corrected chi connectivity index (χ0v) is 26.9. The summed E-state index contributed by atoms with van der Waals surface area (Å²) in [5.74, 6) is 0.650. The van der Waals surface area contributed by atoms with Gasteiger partial charge >= 0.3 is 0 Å². The highest BCUT2D eigenvalue weighted by Gasteiger charge is 2.23. The molecule has 5 heterocycles. The predicted octanol–water partition coefficient (Wildman–Crippen LogP) is 11.3. The molecular weight excluding hydrogens is 619 g/mol. The first-order chi connectivity index (χ1) is 24.3. The molecule has 0 saturated heterocycles. The predicted molar refractivity (Wildman–Crippen MR) is 204 cm³/mol. The van der Waals surface area contributed by atoms with Crippen molar-refractivity contribution in [3.63, 3.8) is 0 Å². The van der Waals surface area contributed by atoms with Gasteiger partial charge in [0.05, 0.1) is 33.3 Å². The lowest BCUT2D eigenvalue weighted by atomic mass is 10.1. The van der Waals surface area contributed by atoms with Crippen molar-refractivity contribution in [2.45, 2.75) is 0 Å². The first-order valence-corrected chi connectivity index (χ1v) is 17.2. The van der Waals surface area contributed by atoms with Crippen LogP contribution < -0.4 is 0 Å². The molecule has 0 aliphatic rings. The van der Waals surface area contributed by atoms with Gasteiger partial charge in [0.25, 0.3) is 0 Å². The van der Waals surface area contributed by atoms with E-state index >= 15 is 0 Å². The highest BCUT2D eigenvalue weighted by molar-refractivity contribution is 7.27. The van der Waals surface area contributed by atoms with Gasteiger partial charge in [-0.25, -0.2) is 9.97 Å². The molecule has 11 aromatic rings. The maximum atomic E-state index is 5.34. The second-order valence-electron chi connectivity index (χ2n) is 12.4. The Hall–Kier alpha value is -6.37. The molecule has 0 aliphatic heterocycles. The van der Waals surface area contributed by atoms with Gasteiger partial charge in [0.1, 0.15) is 0 Å². The monoisotopic (exact) mass is 643 g/mol. The fourth-order valence-corrected chi connectivity index (χ4v) is 9.02. The Bertz CT molecular complexity index is 3100. The van der Waals surface area contributed by atoms with Crippen LogP contribution in [0.4, 0.5) is 0 Å². The molecule has 6 aromatic carbocycles. The molecule has 0 spiro atoms. The second kappa shape index (κ2) is 10.1. The van der Waals surface area contributed by atoms with Gasteiger partial charge in [-0.3, -0.25) is 9.55 Å². The molecule has 0 atom stereocenters. The summed E-state index contributed by atoms with van der Waals surface area (Å²) in [5.41, 5.74) is 8.60. The average Bonchev–Trinajstić information content (AvgIpc) is 3.82. The van der Waals surface area contributed by atoms with Gasteiger partial charge in [0, 0.05) is 70.7 Å². The first kappa shape index (κ1) is 26.7. The van der Waals surface area contributed by atoms with E-state index in [2.05, 4.69) is 142 Å². The zero-order valence-electron chi connectivity index (χ0n) is 26.1. The van der Waals surface area contributed by atoms with Gasteiger partial charge < -0.3 is 4.57 Å². The molecule has 5 nitrogen and oxygen atoms in total. The van der Waals surface area contributed by atoms with Crippen LogP contribution in [0.15, 0.2) is 152 Å². The third-order valence-corrected chi connectivity index (χ3v) is 11.0. The van der Waals surface area contributed by atoms with Crippen molar-refractivity contribution in [2.75, 3.05) is 0 Å². The number of hydrogen-bond acceptors (Lipinski definition) is 4. The van der Waals surface area contributed by atoms with Crippen LogP contribution in [-0.2, 0) is 0 Å². The van der Waals surface area contributed by atoms with Gasteiger partial charge in [-0.15, -0.1) is 11.3 Å². The number of para-hydroxylation sites is 3. The van der Waals surface area contributed by atoms with Gasteiger partial charge in [0.15, 0.2) is 0 Å². The van der Waals surface area contributed by atoms with E-state index in [0.29, 0.717) is 5.95 Å². The number of benzene rings is 6. The SMILES string of the molecule is c1ccc(-c2nc(-n3c4ccncc4c4ccc5sc6c(ccc7c6c6ccccc6n7-c6ccccc6)c5c43)nc3ccccc23)cc1. The molecule has 0 fully saturated rings. The zero-order chi connectivity index (χ0) is 32.1. The minimum Gasteiger partial charge on any atom is -0.309 e. The van der Waals surface area contributed by atoms with Crippen molar-refractivity contribution in [2.24, 2.45) is 0 Å². The molecule has 49 heavy (non-hydrogen) atoms. The third-order valence-electron chi connectivity index (χ3n) is 9.82. The van der Waals surface area contributed by atoms with Crippen LogP contribution in [0.25, 0.3) is 97.6 Å². The van der Waals surface area contributed by atoms with E-state index in [4.69, 9.17) is 9.97 Å². The lowest BCUT2D eigenvalue weighted by molar-refractivity contribution is 1.02. The van der Waals surface area contributed by atoms with Crippen LogP contribution in [-0.4, -0.2) is 24.1 Å². The van der Waals surface area contributed by atoms with Crippen LogP contribution in [0, 0.1) is 0 Å². The molecule has 0 saturated carbocycles. The molecule has 6 heteroatoms. The van der Waals surface area contributed by atoms with Gasteiger partial charge in [-0.05, 0) is 42.5 Å². The molecule has 11 rings (SSSR count). The van der Waals surface area contributed by atoms with Crippen molar-refractivity contribution in [3.8, 4) is 22.9 Å². The van der Waals surface area contributed by atoms with Crippen LogP contribution >= 0.6 is 11.3 Å². The van der Waals surface area contributed by atoms with E-state index in [1.54, 1.807) is 0 Å². The molecule has 0 aliphatic carbocycles. The van der Waals surface area contributed by atoms with Crippen LogP contribution in [0.1, 0.15) is 0 Å². The van der Waals surface area contributed by atoms with E-state index in [1.807, 2.05) is 35.9 Å². The fraction of sp³-hybridized carbons (Fsp3) is 0. The highest BCUT2D eigenvalue weighted by Crippen LogP contribution is 2.47. The fourth-order valence-electron chi connectivity index (χ4n) is 7.76. The summed E-state index contributed by atoms with van der Waals surface area (Å²) in [5, 5.41) is 8.23. The lowest BCUT2D eigenvalue weighted by Gasteiger charge is -2.12. The molecule has 5 aromatic heterocycles. The molecule has 228 valence electrons. The Morgan fingerprint density at radius 2 is 1.22 bits per heavy atom. The van der Waals surface area contributed by atoms with E-state index in [1.165, 1.54) is 42.0 Å². The summed E-state index contributed by atoms with van der Waals surface area (Å²) in [6.45, 7) is 0. The van der Waals surface area contributed by atoms with Crippen LogP contribution in [0.2, 0.25) is 0 Å². The largest absolute Gasteiger partial charge is 0.309 e. The summed E-state index contributed by atoms with van der Waals surface area (Å²) in [6, 6.07) is 49.3. The maximum absolute atomic E-state index is 5.34. The number of nitrogens with zero attached hydrogens (tertiary/aromatic N) is 5. The smallest absolute Gasteiger partial charge is 0.235 e. The minimum atomic E-state index is 0.650. The highest BCUT2D eigenvalue weighted by atomic mass is 32.1. The van der Waals surface area contributed by atoms with Crippen LogP contribution in [0.3, 0.4) is 0 Å². The Morgan fingerprint density at radius 3 is 2.10 bits per heavy atom. The Labute approximate surface area is 284 Å². The maximum Gasteiger partial charge on any atom is 0.235 e. The first-order valence-electron chi connectivity index (χ1n) is 16.4. The minimum absolute atomic E-state index is 0.650. The summed E-state index contributed by atoms with van der Waals surface area (Å²) < 4.78 is 7.16. The Balaban J connectivity index is 1.30. The van der Waals surface area contributed by atoms with Gasteiger partial charge in [-0.1, -0.05) is 97.1 Å². The summed E-state index contributed by atoms with van der Waals surface area (Å²) >= 11 is 1.86. The second-order valence-corrected chi connectivity index (χ2v) is 13.5. The quantitative estimate of drug-likeness (QED) is 0.192. The molecule has 0 amide bonds. The molecular formula is C43H25N5S. The number of fused-ring (bicyclic) bond motifs is 12.